The van der Waals surface area contributed by atoms with Crippen LogP contribution in [-0.4, -0.2) is 22.7 Å². The number of rotatable bonds is 2. The molecule has 0 radical (unpaired) electrons. The van der Waals surface area contributed by atoms with Gasteiger partial charge in [0.15, 0.2) is 0 Å². The molecule has 1 heterocycles. The summed E-state index contributed by atoms with van der Waals surface area (Å²) < 4.78 is 0. The third-order valence-corrected chi connectivity index (χ3v) is 3.00. The molecule has 0 fully saturated rings. The summed E-state index contributed by atoms with van der Waals surface area (Å²) in [6.07, 6.45) is 0.234. The lowest BCUT2D eigenvalue weighted by Gasteiger charge is -2.17. The normalized spacial score (nSPS) is 15.6. The van der Waals surface area contributed by atoms with Gasteiger partial charge in [-0.15, -0.1) is 0 Å². The van der Waals surface area contributed by atoms with Crippen LogP contribution in [0.25, 0.3) is 0 Å². The second kappa shape index (κ2) is 4.50. The fourth-order valence-electron chi connectivity index (χ4n) is 1.87. The first-order valence-electron chi connectivity index (χ1n) is 6.04. The molecule has 5 heteroatoms. The summed E-state index contributed by atoms with van der Waals surface area (Å²) in [6.45, 7) is 5.93. The molecule has 0 aromatic heterocycles. The second-order valence-electron chi connectivity index (χ2n) is 5.50. The lowest BCUT2D eigenvalue weighted by Crippen LogP contribution is -2.22. The number of hydrazone groups is 1. The minimum atomic E-state index is -1.07. The highest BCUT2D eigenvalue weighted by atomic mass is 16.4. The van der Waals surface area contributed by atoms with Gasteiger partial charge in [-0.2, -0.15) is 10.1 Å². The van der Waals surface area contributed by atoms with Gasteiger partial charge in [0.1, 0.15) is 0 Å². The van der Waals surface area contributed by atoms with Gasteiger partial charge in [0.25, 0.3) is 5.91 Å². The van der Waals surface area contributed by atoms with Crippen LogP contribution in [0, 0.1) is 5.41 Å². The van der Waals surface area contributed by atoms with Gasteiger partial charge in [0, 0.05) is 5.41 Å². The predicted molar refractivity (Wildman–Crippen MR) is 72.4 cm³/mol. The summed E-state index contributed by atoms with van der Waals surface area (Å²) >= 11 is 0. The van der Waals surface area contributed by atoms with Gasteiger partial charge in [-0.25, -0.2) is 4.79 Å². The third kappa shape index (κ3) is 2.50. The molecule has 0 saturated heterocycles. The van der Waals surface area contributed by atoms with Crippen LogP contribution >= 0.6 is 0 Å². The van der Waals surface area contributed by atoms with Crippen molar-refractivity contribution in [1.82, 2.24) is 0 Å². The number of hydrogen-bond donors (Lipinski definition) is 1. The Hall–Kier alpha value is -2.17. The maximum Gasteiger partial charge on any atom is 0.337 e. The van der Waals surface area contributed by atoms with Crippen molar-refractivity contribution in [1.29, 1.82) is 0 Å². The van der Waals surface area contributed by atoms with Crippen molar-refractivity contribution in [2.75, 3.05) is 5.01 Å². The Labute approximate surface area is 111 Å². The lowest BCUT2D eigenvalue weighted by molar-refractivity contribution is -0.116. The largest absolute Gasteiger partial charge is 0.478 e. The number of para-hydroxylation sites is 1. The molecule has 1 aromatic carbocycles. The quantitative estimate of drug-likeness (QED) is 0.888. The number of hydrogen-bond acceptors (Lipinski definition) is 3. The molecule has 0 aliphatic carbocycles. The van der Waals surface area contributed by atoms with E-state index in [1.54, 1.807) is 18.2 Å². The van der Waals surface area contributed by atoms with E-state index < -0.39 is 5.97 Å². The Balaban J connectivity index is 2.46. The van der Waals surface area contributed by atoms with E-state index >= 15 is 0 Å². The van der Waals surface area contributed by atoms with Gasteiger partial charge >= 0.3 is 5.97 Å². The van der Waals surface area contributed by atoms with Gasteiger partial charge in [-0.1, -0.05) is 32.9 Å². The molecular weight excluding hydrogens is 244 g/mol. The van der Waals surface area contributed by atoms with Gasteiger partial charge < -0.3 is 5.11 Å². The Morgan fingerprint density at radius 1 is 1.32 bits per heavy atom. The van der Waals surface area contributed by atoms with Crippen molar-refractivity contribution in [2.24, 2.45) is 10.5 Å². The molecule has 100 valence electrons. The highest BCUT2D eigenvalue weighted by Gasteiger charge is 2.33. The van der Waals surface area contributed by atoms with E-state index in [0.717, 1.165) is 5.71 Å². The van der Waals surface area contributed by atoms with Crippen LogP contribution in [0.2, 0.25) is 0 Å². The van der Waals surface area contributed by atoms with Crippen molar-refractivity contribution in [2.45, 2.75) is 27.2 Å². The molecule has 1 aromatic rings. The smallest absolute Gasteiger partial charge is 0.337 e. The van der Waals surface area contributed by atoms with Crippen LogP contribution in [-0.2, 0) is 4.79 Å². The van der Waals surface area contributed by atoms with E-state index in [4.69, 9.17) is 5.11 Å². The summed E-state index contributed by atoms with van der Waals surface area (Å²) in [5, 5.41) is 14.6. The Morgan fingerprint density at radius 2 is 1.95 bits per heavy atom. The van der Waals surface area contributed by atoms with Crippen LogP contribution in [0.4, 0.5) is 5.69 Å². The first-order chi connectivity index (χ1) is 8.80. The molecular formula is C14H16N2O3. The van der Waals surface area contributed by atoms with Crippen molar-refractivity contribution in [3.63, 3.8) is 0 Å². The topological polar surface area (TPSA) is 70.0 Å². The molecule has 0 bridgehead atoms. The van der Waals surface area contributed by atoms with Crippen LogP contribution in [0.5, 0.6) is 0 Å². The standard InChI is InChI=1S/C14H16N2O3/c1-14(2,3)11-8-12(17)16(15-11)10-7-5-4-6-9(10)13(18)19/h4-7H,8H2,1-3H3,(H,18,19). The molecule has 5 nitrogen and oxygen atoms in total. The third-order valence-electron chi connectivity index (χ3n) is 3.00. The van der Waals surface area contributed by atoms with Crippen molar-refractivity contribution >= 4 is 23.3 Å². The average Bonchev–Trinajstić information content (AvgIpc) is 2.71. The van der Waals surface area contributed by atoms with E-state index in [-0.39, 0.29) is 23.3 Å². The fraction of sp³-hybridized carbons (Fsp3) is 0.357. The van der Waals surface area contributed by atoms with E-state index in [1.165, 1.54) is 11.1 Å². The number of carboxylic acids is 1. The van der Waals surface area contributed by atoms with Crippen molar-refractivity contribution in [3.8, 4) is 0 Å². The molecule has 0 atom stereocenters. The number of benzene rings is 1. The number of carbonyl (C=O) groups is 2. The van der Waals surface area contributed by atoms with E-state index in [2.05, 4.69) is 5.10 Å². The summed E-state index contributed by atoms with van der Waals surface area (Å²) in [4.78, 5) is 23.2. The molecule has 1 amide bonds. The Morgan fingerprint density at radius 3 is 2.47 bits per heavy atom. The monoisotopic (exact) mass is 260 g/mol. The maximum absolute atomic E-state index is 12.0. The van der Waals surface area contributed by atoms with Crippen LogP contribution in [0.1, 0.15) is 37.6 Å². The first kappa shape index (κ1) is 13.3. The molecule has 0 unspecified atom stereocenters. The number of amides is 1. The number of carbonyl (C=O) groups excluding carboxylic acids is 1. The average molecular weight is 260 g/mol. The van der Waals surface area contributed by atoms with Crippen LogP contribution in [0.3, 0.4) is 0 Å². The lowest BCUT2D eigenvalue weighted by atomic mass is 9.88. The van der Waals surface area contributed by atoms with Gasteiger partial charge in [-0.05, 0) is 12.1 Å². The van der Waals surface area contributed by atoms with Gasteiger partial charge in [0.05, 0.1) is 23.4 Å². The first-order valence-corrected chi connectivity index (χ1v) is 6.04. The Bertz CT molecular complexity index is 570. The minimum Gasteiger partial charge on any atom is -0.478 e. The van der Waals surface area contributed by atoms with Gasteiger partial charge in [-0.3, -0.25) is 4.79 Å². The summed E-state index contributed by atoms with van der Waals surface area (Å²) in [5.74, 6) is -1.26. The zero-order valence-electron chi connectivity index (χ0n) is 11.2. The van der Waals surface area contributed by atoms with Crippen LogP contribution in [0.15, 0.2) is 29.4 Å². The number of anilines is 1. The zero-order valence-corrected chi connectivity index (χ0v) is 11.2. The maximum atomic E-state index is 12.0. The highest BCUT2D eigenvalue weighted by molar-refractivity contribution is 6.16. The molecule has 0 spiro atoms. The fourth-order valence-corrected chi connectivity index (χ4v) is 1.87. The predicted octanol–water partition coefficient (Wildman–Crippen LogP) is 2.52. The van der Waals surface area contributed by atoms with Crippen molar-refractivity contribution < 1.29 is 14.7 Å². The summed E-state index contributed by atoms with van der Waals surface area (Å²) in [7, 11) is 0. The van der Waals surface area contributed by atoms with E-state index in [1.807, 2.05) is 20.8 Å². The molecule has 1 N–H and O–H groups in total. The summed E-state index contributed by atoms with van der Waals surface area (Å²) in [5.41, 5.74) is 0.953. The molecule has 1 aliphatic rings. The second-order valence-corrected chi connectivity index (χ2v) is 5.50. The van der Waals surface area contributed by atoms with Crippen molar-refractivity contribution in [3.05, 3.63) is 29.8 Å². The minimum absolute atomic E-state index is 0.0785. The molecule has 1 aliphatic heterocycles. The molecule has 0 saturated carbocycles. The van der Waals surface area contributed by atoms with Crippen LogP contribution < -0.4 is 5.01 Å². The van der Waals surface area contributed by atoms with Gasteiger partial charge in [0.2, 0.25) is 0 Å². The summed E-state index contributed by atoms with van der Waals surface area (Å²) in [6, 6.07) is 6.38. The highest BCUT2D eigenvalue weighted by Crippen LogP contribution is 2.29. The van der Waals surface area contributed by atoms with E-state index in [0.29, 0.717) is 5.69 Å². The zero-order chi connectivity index (χ0) is 14.2. The van der Waals surface area contributed by atoms with E-state index in [9.17, 15) is 9.59 Å². The SMILES string of the molecule is CC(C)(C)C1=NN(c2ccccc2C(=O)O)C(=O)C1. The number of aromatic carboxylic acids is 1. The Kier molecular flexibility index (Phi) is 3.14. The number of carboxylic acid groups (broad SMARTS) is 1. The molecule has 2 rings (SSSR count). The number of nitrogens with zero attached hydrogens (tertiary/aromatic N) is 2. The molecule has 19 heavy (non-hydrogen) atoms.